The lowest BCUT2D eigenvalue weighted by Gasteiger charge is -2.35. The number of likely N-dealkylation sites (tertiary alicyclic amines) is 1. The van der Waals surface area contributed by atoms with Gasteiger partial charge < -0.3 is 16.0 Å². The summed E-state index contributed by atoms with van der Waals surface area (Å²) in [5, 5.41) is 3.29. The lowest BCUT2D eigenvalue weighted by Crippen LogP contribution is -2.43. The molecule has 1 aromatic rings. The normalized spacial score (nSPS) is 25.8. The fourth-order valence-corrected chi connectivity index (χ4v) is 2.42. The highest BCUT2D eigenvalue weighted by atomic mass is 19.1. The smallest absolute Gasteiger partial charge is 0.148 e. The molecule has 1 fully saturated rings. The molecular weight excluding hydrogens is 217 g/mol. The molecule has 17 heavy (non-hydrogen) atoms. The third-order valence-corrected chi connectivity index (χ3v) is 3.44. The van der Waals surface area contributed by atoms with Gasteiger partial charge in [-0.15, -0.1) is 0 Å². The van der Waals surface area contributed by atoms with Crippen LogP contribution in [0.3, 0.4) is 0 Å². The molecule has 1 heterocycles. The van der Waals surface area contributed by atoms with Gasteiger partial charge >= 0.3 is 0 Å². The van der Waals surface area contributed by atoms with Gasteiger partial charge in [0.05, 0.1) is 5.69 Å². The third kappa shape index (κ3) is 2.88. The van der Waals surface area contributed by atoms with E-state index >= 15 is 0 Å². The van der Waals surface area contributed by atoms with E-state index in [0.717, 1.165) is 19.5 Å². The zero-order valence-electron chi connectivity index (χ0n) is 10.4. The predicted octanol–water partition coefficient (Wildman–Crippen LogP) is 2.16. The fourth-order valence-electron chi connectivity index (χ4n) is 2.42. The van der Waals surface area contributed by atoms with Crippen molar-refractivity contribution in [2.45, 2.75) is 19.4 Å². The highest BCUT2D eigenvalue weighted by Gasteiger charge is 2.24. The van der Waals surface area contributed by atoms with Crippen molar-refractivity contribution in [3.05, 3.63) is 24.0 Å². The summed E-state index contributed by atoms with van der Waals surface area (Å²) in [4.78, 5) is 2.31. The van der Waals surface area contributed by atoms with E-state index in [1.807, 2.05) is 0 Å². The van der Waals surface area contributed by atoms with E-state index in [-0.39, 0.29) is 5.82 Å². The van der Waals surface area contributed by atoms with Gasteiger partial charge in [-0.3, -0.25) is 0 Å². The Labute approximate surface area is 102 Å². The summed E-state index contributed by atoms with van der Waals surface area (Å²) in [6.07, 6.45) is 1.04. The van der Waals surface area contributed by atoms with E-state index in [4.69, 9.17) is 5.73 Å². The van der Waals surface area contributed by atoms with Gasteiger partial charge in [-0.1, -0.05) is 6.92 Å². The van der Waals surface area contributed by atoms with Crippen LogP contribution in [-0.4, -0.2) is 31.1 Å². The van der Waals surface area contributed by atoms with Gasteiger partial charge in [-0.2, -0.15) is 0 Å². The maximum Gasteiger partial charge on any atom is 0.148 e. The van der Waals surface area contributed by atoms with Crippen molar-refractivity contribution in [2.24, 2.45) is 5.92 Å². The average molecular weight is 237 g/mol. The van der Waals surface area contributed by atoms with Gasteiger partial charge in [0.1, 0.15) is 5.82 Å². The fraction of sp³-hybridized carbons (Fsp3) is 0.538. The zero-order valence-corrected chi connectivity index (χ0v) is 10.4. The Bertz CT molecular complexity index is 394. The minimum atomic E-state index is -0.267. The number of piperidine rings is 1. The van der Waals surface area contributed by atoms with Gasteiger partial charge in [0.25, 0.3) is 0 Å². The molecule has 2 rings (SSSR count). The van der Waals surface area contributed by atoms with Crippen molar-refractivity contribution < 1.29 is 4.39 Å². The van der Waals surface area contributed by atoms with E-state index in [0.29, 0.717) is 23.3 Å². The minimum Gasteiger partial charge on any atom is -0.399 e. The number of hydrogen-bond donors (Lipinski definition) is 2. The van der Waals surface area contributed by atoms with Crippen molar-refractivity contribution in [2.75, 3.05) is 31.2 Å². The Morgan fingerprint density at radius 1 is 1.47 bits per heavy atom. The van der Waals surface area contributed by atoms with E-state index in [1.54, 1.807) is 12.1 Å². The van der Waals surface area contributed by atoms with Crippen LogP contribution in [0, 0.1) is 11.7 Å². The third-order valence-electron chi connectivity index (χ3n) is 3.44. The maximum atomic E-state index is 13.7. The monoisotopic (exact) mass is 237 g/mol. The van der Waals surface area contributed by atoms with Crippen LogP contribution in [0.15, 0.2) is 18.2 Å². The molecule has 0 aliphatic carbocycles. The number of nitrogens with one attached hydrogen (secondary N) is 1. The molecule has 4 heteroatoms. The lowest BCUT2D eigenvalue weighted by molar-refractivity contribution is 0.206. The van der Waals surface area contributed by atoms with Gasteiger partial charge in [0.2, 0.25) is 0 Å². The summed E-state index contributed by atoms with van der Waals surface area (Å²) in [5.74, 6) is 0.252. The Kier molecular flexibility index (Phi) is 3.52. The van der Waals surface area contributed by atoms with Gasteiger partial charge in [0.15, 0.2) is 0 Å². The van der Waals surface area contributed by atoms with Crippen LogP contribution in [-0.2, 0) is 0 Å². The lowest BCUT2D eigenvalue weighted by atomic mass is 9.94. The van der Waals surface area contributed by atoms with Gasteiger partial charge in [-0.25, -0.2) is 4.39 Å². The Morgan fingerprint density at radius 2 is 2.24 bits per heavy atom. The highest BCUT2D eigenvalue weighted by molar-refractivity contribution is 5.53. The number of hydrogen-bond acceptors (Lipinski definition) is 3. The van der Waals surface area contributed by atoms with Crippen LogP contribution in [0.4, 0.5) is 15.8 Å². The quantitative estimate of drug-likeness (QED) is 0.774. The largest absolute Gasteiger partial charge is 0.399 e. The number of nitrogens with two attached hydrogens (primary N) is 1. The predicted molar refractivity (Wildman–Crippen MR) is 69.5 cm³/mol. The molecule has 1 saturated heterocycles. The van der Waals surface area contributed by atoms with Crippen LogP contribution in [0.2, 0.25) is 0 Å². The number of benzene rings is 1. The molecule has 2 atom stereocenters. The second-order valence-corrected chi connectivity index (χ2v) is 5.02. The Morgan fingerprint density at radius 3 is 2.88 bits per heavy atom. The van der Waals surface area contributed by atoms with Crippen LogP contribution < -0.4 is 11.1 Å². The number of nitrogen functional groups attached to an aromatic ring is 1. The Balaban J connectivity index is 2.05. The number of anilines is 2. The molecule has 0 bridgehead atoms. The first-order chi connectivity index (χ1) is 8.06. The topological polar surface area (TPSA) is 41.3 Å². The molecule has 94 valence electrons. The molecule has 0 aromatic heterocycles. The zero-order chi connectivity index (χ0) is 12.4. The van der Waals surface area contributed by atoms with E-state index in [9.17, 15) is 4.39 Å². The SMILES string of the molecule is CC1CN(C)CCC1Nc1ccc(N)cc1F. The second kappa shape index (κ2) is 4.92. The van der Waals surface area contributed by atoms with Gasteiger partial charge in [0, 0.05) is 18.3 Å². The van der Waals surface area contributed by atoms with Crippen molar-refractivity contribution in [3.63, 3.8) is 0 Å². The molecule has 3 nitrogen and oxygen atoms in total. The van der Waals surface area contributed by atoms with Crippen molar-refractivity contribution in [1.82, 2.24) is 4.90 Å². The number of nitrogens with zero attached hydrogens (tertiary/aromatic N) is 1. The number of rotatable bonds is 2. The summed E-state index contributed by atoms with van der Waals surface area (Å²) in [6, 6.07) is 5.15. The van der Waals surface area contributed by atoms with E-state index in [2.05, 4.69) is 24.2 Å². The van der Waals surface area contributed by atoms with Crippen LogP contribution in [0.1, 0.15) is 13.3 Å². The first kappa shape index (κ1) is 12.2. The first-order valence-electron chi connectivity index (χ1n) is 6.06. The molecule has 0 radical (unpaired) electrons. The molecule has 3 N–H and O–H groups in total. The van der Waals surface area contributed by atoms with E-state index in [1.165, 1.54) is 6.07 Å². The molecule has 1 aromatic carbocycles. The average Bonchev–Trinajstić information content (AvgIpc) is 2.25. The molecular formula is C13H20FN3. The van der Waals surface area contributed by atoms with Crippen LogP contribution in [0.5, 0.6) is 0 Å². The second-order valence-electron chi connectivity index (χ2n) is 5.02. The van der Waals surface area contributed by atoms with E-state index < -0.39 is 0 Å². The maximum absolute atomic E-state index is 13.7. The molecule has 0 amide bonds. The molecule has 2 unspecified atom stereocenters. The summed E-state index contributed by atoms with van der Waals surface area (Å²) >= 11 is 0. The van der Waals surface area contributed by atoms with Gasteiger partial charge in [-0.05, 0) is 44.1 Å². The molecule has 1 aliphatic heterocycles. The highest BCUT2D eigenvalue weighted by Crippen LogP contribution is 2.23. The van der Waals surface area contributed by atoms with Crippen LogP contribution >= 0.6 is 0 Å². The molecule has 0 saturated carbocycles. The first-order valence-corrected chi connectivity index (χ1v) is 6.06. The molecule has 0 spiro atoms. The summed E-state index contributed by atoms with van der Waals surface area (Å²) in [7, 11) is 2.12. The minimum absolute atomic E-state index is 0.267. The number of halogens is 1. The summed E-state index contributed by atoms with van der Waals surface area (Å²) in [5.41, 5.74) is 6.55. The summed E-state index contributed by atoms with van der Waals surface area (Å²) < 4.78 is 13.7. The van der Waals surface area contributed by atoms with Crippen molar-refractivity contribution in [3.8, 4) is 0 Å². The summed E-state index contributed by atoms with van der Waals surface area (Å²) in [6.45, 7) is 4.30. The van der Waals surface area contributed by atoms with Crippen LogP contribution in [0.25, 0.3) is 0 Å². The van der Waals surface area contributed by atoms with Crippen molar-refractivity contribution >= 4 is 11.4 Å². The standard InChI is InChI=1S/C13H20FN3/c1-9-8-17(2)6-5-12(9)16-13-4-3-10(15)7-11(13)14/h3-4,7,9,12,16H,5-6,8,15H2,1-2H3. The van der Waals surface area contributed by atoms with Crippen molar-refractivity contribution in [1.29, 1.82) is 0 Å². The Hall–Kier alpha value is -1.29. The molecule has 1 aliphatic rings.